The molecule has 0 amide bonds. The molecule has 1 aromatic carbocycles. The zero-order chi connectivity index (χ0) is 8.97. The minimum Gasteiger partial charge on any atom is -0.398 e. The average Bonchev–Trinajstić information content (AvgIpc) is 2.03. The normalized spacial score (nSPS) is 12.8. The fourth-order valence-electron chi connectivity index (χ4n) is 0.833. The van der Waals surface area contributed by atoms with Gasteiger partial charge in [0, 0.05) is 22.4 Å². The van der Waals surface area contributed by atoms with Gasteiger partial charge in [0.2, 0.25) is 0 Å². The summed E-state index contributed by atoms with van der Waals surface area (Å²) in [4.78, 5) is 1.12. The van der Waals surface area contributed by atoms with Gasteiger partial charge in [0.15, 0.2) is 0 Å². The summed E-state index contributed by atoms with van der Waals surface area (Å²) in [7, 11) is 0. The van der Waals surface area contributed by atoms with E-state index in [1.54, 1.807) is 11.8 Å². The van der Waals surface area contributed by atoms with Crippen LogP contribution in [0.25, 0.3) is 0 Å². The zero-order valence-corrected chi connectivity index (χ0v) is 7.97. The van der Waals surface area contributed by atoms with Gasteiger partial charge in [-0.25, -0.2) is 0 Å². The van der Waals surface area contributed by atoms with E-state index in [-0.39, 0.29) is 6.04 Å². The Morgan fingerprint density at radius 1 is 1.42 bits per heavy atom. The quantitative estimate of drug-likeness (QED) is 0.552. The highest BCUT2D eigenvalue weighted by Gasteiger charge is 1.99. The van der Waals surface area contributed by atoms with Crippen LogP contribution in [-0.2, 0) is 0 Å². The molecule has 0 aromatic heterocycles. The van der Waals surface area contributed by atoms with Crippen molar-refractivity contribution in [2.75, 3.05) is 11.5 Å². The van der Waals surface area contributed by atoms with E-state index in [0.29, 0.717) is 0 Å². The van der Waals surface area contributed by atoms with E-state index in [4.69, 9.17) is 11.5 Å². The van der Waals surface area contributed by atoms with Crippen molar-refractivity contribution in [3.63, 3.8) is 0 Å². The molecule has 0 saturated carbocycles. The Labute approximate surface area is 77.3 Å². The second-order valence-electron chi connectivity index (χ2n) is 2.83. The zero-order valence-electron chi connectivity index (χ0n) is 7.16. The van der Waals surface area contributed by atoms with E-state index < -0.39 is 0 Å². The van der Waals surface area contributed by atoms with Gasteiger partial charge in [-0.3, -0.25) is 0 Å². The number of para-hydroxylation sites is 1. The third-order valence-electron chi connectivity index (χ3n) is 1.42. The van der Waals surface area contributed by atoms with Crippen LogP contribution in [-0.4, -0.2) is 11.8 Å². The molecule has 0 aliphatic carbocycles. The summed E-state index contributed by atoms with van der Waals surface area (Å²) in [6, 6.07) is 8.06. The maximum absolute atomic E-state index is 5.75. The highest BCUT2D eigenvalue weighted by atomic mass is 32.2. The number of benzene rings is 1. The Morgan fingerprint density at radius 3 is 2.67 bits per heavy atom. The van der Waals surface area contributed by atoms with Crippen LogP contribution < -0.4 is 11.5 Å². The van der Waals surface area contributed by atoms with Gasteiger partial charge < -0.3 is 11.5 Å². The fourth-order valence-corrected chi connectivity index (χ4v) is 1.69. The Kier molecular flexibility index (Phi) is 3.44. The summed E-state index contributed by atoms with van der Waals surface area (Å²) in [6.07, 6.45) is 0. The van der Waals surface area contributed by atoms with Gasteiger partial charge in [-0.1, -0.05) is 12.1 Å². The van der Waals surface area contributed by atoms with E-state index >= 15 is 0 Å². The van der Waals surface area contributed by atoms with Crippen molar-refractivity contribution in [3.05, 3.63) is 24.3 Å². The second kappa shape index (κ2) is 4.38. The van der Waals surface area contributed by atoms with Crippen molar-refractivity contribution in [1.29, 1.82) is 0 Å². The third-order valence-corrected chi connectivity index (χ3v) is 2.80. The Bertz CT molecular complexity index is 248. The molecule has 1 atom stereocenters. The van der Waals surface area contributed by atoms with E-state index in [0.717, 1.165) is 16.3 Å². The second-order valence-corrected chi connectivity index (χ2v) is 3.89. The predicted molar refractivity (Wildman–Crippen MR) is 55.2 cm³/mol. The van der Waals surface area contributed by atoms with Crippen LogP contribution in [0.2, 0.25) is 0 Å². The Morgan fingerprint density at radius 2 is 2.08 bits per heavy atom. The first-order valence-electron chi connectivity index (χ1n) is 3.93. The summed E-state index contributed by atoms with van der Waals surface area (Å²) in [5, 5.41) is 0. The van der Waals surface area contributed by atoms with Gasteiger partial charge in [-0.2, -0.15) is 0 Å². The first-order valence-corrected chi connectivity index (χ1v) is 4.91. The number of nitrogens with two attached hydrogens (primary N) is 2. The number of rotatable bonds is 3. The third kappa shape index (κ3) is 2.75. The van der Waals surface area contributed by atoms with Crippen LogP contribution in [0.5, 0.6) is 0 Å². The molecule has 1 aromatic rings. The first-order chi connectivity index (χ1) is 5.70. The molecule has 0 spiro atoms. The predicted octanol–water partition coefficient (Wildman–Crippen LogP) is 1.71. The lowest BCUT2D eigenvalue weighted by Crippen LogP contribution is -2.17. The van der Waals surface area contributed by atoms with Crippen LogP contribution in [0.3, 0.4) is 0 Å². The molecule has 3 heteroatoms. The van der Waals surface area contributed by atoms with Crippen LogP contribution in [0.4, 0.5) is 5.69 Å². The van der Waals surface area contributed by atoms with Crippen molar-refractivity contribution < 1.29 is 0 Å². The molecular formula is C9H14N2S. The van der Waals surface area contributed by atoms with E-state index in [1.807, 2.05) is 31.2 Å². The van der Waals surface area contributed by atoms with Crippen molar-refractivity contribution in [1.82, 2.24) is 0 Å². The lowest BCUT2D eigenvalue weighted by Gasteiger charge is -2.06. The van der Waals surface area contributed by atoms with E-state index in [1.165, 1.54) is 0 Å². The fraction of sp³-hybridized carbons (Fsp3) is 0.333. The maximum atomic E-state index is 5.75. The molecule has 1 rings (SSSR count). The van der Waals surface area contributed by atoms with Crippen molar-refractivity contribution in [3.8, 4) is 0 Å². The van der Waals surface area contributed by atoms with Crippen LogP contribution in [0.1, 0.15) is 6.92 Å². The highest BCUT2D eigenvalue weighted by molar-refractivity contribution is 7.99. The van der Waals surface area contributed by atoms with E-state index in [2.05, 4.69) is 0 Å². The van der Waals surface area contributed by atoms with Gasteiger partial charge in [0.25, 0.3) is 0 Å². The molecule has 0 saturated heterocycles. The smallest absolute Gasteiger partial charge is 0.0452 e. The van der Waals surface area contributed by atoms with Crippen molar-refractivity contribution in [2.45, 2.75) is 17.9 Å². The van der Waals surface area contributed by atoms with E-state index in [9.17, 15) is 0 Å². The molecule has 4 N–H and O–H groups in total. The van der Waals surface area contributed by atoms with Gasteiger partial charge in [-0.15, -0.1) is 11.8 Å². The number of anilines is 1. The molecule has 1 unspecified atom stereocenters. The molecule has 0 aliphatic heterocycles. The molecular weight excluding hydrogens is 168 g/mol. The standard InChI is InChI=1S/C9H14N2S/c1-7(10)6-12-9-5-3-2-4-8(9)11/h2-5,7H,6,10-11H2,1H3. The topological polar surface area (TPSA) is 52.0 Å². The lowest BCUT2D eigenvalue weighted by atomic mass is 10.3. The first kappa shape index (κ1) is 9.42. The average molecular weight is 182 g/mol. The van der Waals surface area contributed by atoms with Crippen LogP contribution >= 0.6 is 11.8 Å². The van der Waals surface area contributed by atoms with Gasteiger partial charge in [0.1, 0.15) is 0 Å². The van der Waals surface area contributed by atoms with Gasteiger partial charge in [-0.05, 0) is 19.1 Å². The molecule has 0 bridgehead atoms. The number of hydrogen-bond donors (Lipinski definition) is 2. The molecule has 0 radical (unpaired) electrons. The number of nitrogen functional groups attached to an aromatic ring is 1. The summed E-state index contributed by atoms with van der Waals surface area (Å²) >= 11 is 1.71. The van der Waals surface area contributed by atoms with Gasteiger partial charge in [0.05, 0.1) is 0 Å². The van der Waals surface area contributed by atoms with Crippen LogP contribution in [0.15, 0.2) is 29.2 Å². The largest absolute Gasteiger partial charge is 0.398 e. The Hall–Kier alpha value is -0.670. The highest BCUT2D eigenvalue weighted by Crippen LogP contribution is 2.24. The minimum absolute atomic E-state index is 0.217. The molecule has 12 heavy (non-hydrogen) atoms. The molecule has 0 heterocycles. The SMILES string of the molecule is CC(N)CSc1ccccc1N. The number of thioether (sulfide) groups is 1. The summed E-state index contributed by atoms with van der Waals surface area (Å²) in [6.45, 7) is 1.99. The van der Waals surface area contributed by atoms with Crippen molar-refractivity contribution >= 4 is 17.4 Å². The number of hydrogen-bond acceptors (Lipinski definition) is 3. The monoisotopic (exact) mass is 182 g/mol. The van der Waals surface area contributed by atoms with Gasteiger partial charge >= 0.3 is 0 Å². The molecule has 2 nitrogen and oxygen atoms in total. The molecule has 0 aliphatic rings. The lowest BCUT2D eigenvalue weighted by molar-refractivity contribution is 0.847. The summed E-state index contributed by atoms with van der Waals surface area (Å²) < 4.78 is 0. The van der Waals surface area contributed by atoms with Crippen molar-refractivity contribution in [2.24, 2.45) is 5.73 Å². The summed E-state index contributed by atoms with van der Waals surface area (Å²) in [5.41, 5.74) is 12.2. The molecule has 66 valence electrons. The Balaban J connectivity index is 2.57. The minimum atomic E-state index is 0.217. The van der Waals surface area contributed by atoms with Crippen LogP contribution in [0, 0.1) is 0 Å². The molecule has 0 fully saturated rings. The summed E-state index contributed by atoms with van der Waals surface area (Å²) in [5.74, 6) is 0.911. The maximum Gasteiger partial charge on any atom is 0.0452 e.